The van der Waals surface area contributed by atoms with Crippen molar-refractivity contribution in [3.8, 4) is 5.75 Å². The Hall–Kier alpha value is -0.760. The lowest BCUT2D eigenvalue weighted by Gasteiger charge is -2.11. The Bertz CT molecular complexity index is 323. The quantitative estimate of drug-likeness (QED) is 0.670. The van der Waals surface area contributed by atoms with Crippen LogP contribution in [0.25, 0.3) is 0 Å². The predicted octanol–water partition coefficient (Wildman–Crippen LogP) is 3.19. The maximum absolute atomic E-state index is 13.3. The molecule has 0 heterocycles. The van der Waals surface area contributed by atoms with Crippen molar-refractivity contribution >= 4 is 11.6 Å². The maximum atomic E-state index is 13.3. The van der Waals surface area contributed by atoms with Crippen molar-refractivity contribution < 1.29 is 9.13 Å². The fraction of sp³-hybridized carbons (Fsp3) is 0.400. The average molecular weight is 203 g/mol. The van der Waals surface area contributed by atoms with Gasteiger partial charge in [-0.05, 0) is 25.0 Å². The summed E-state index contributed by atoms with van der Waals surface area (Å²) in [5.41, 5.74) is 2.37. The summed E-state index contributed by atoms with van der Waals surface area (Å²) in [4.78, 5) is 0. The summed E-state index contributed by atoms with van der Waals surface area (Å²) in [5.74, 6) is 0.474. The van der Waals surface area contributed by atoms with Gasteiger partial charge in [0.1, 0.15) is 11.6 Å². The molecule has 0 aliphatic heterocycles. The van der Waals surface area contributed by atoms with E-state index >= 15 is 0 Å². The van der Waals surface area contributed by atoms with Crippen LogP contribution in [0.2, 0.25) is 0 Å². The molecule has 1 nitrogen and oxygen atoms in total. The number of ether oxygens (including phenoxy) is 1. The van der Waals surface area contributed by atoms with Crippen molar-refractivity contribution in [2.45, 2.75) is 19.7 Å². The lowest BCUT2D eigenvalue weighted by atomic mass is 10.0. The Morgan fingerprint density at radius 1 is 1.38 bits per heavy atom. The van der Waals surface area contributed by atoms with Crippen LogP contribution in [0.1, 0.15) is 16.7 Å². The number of halogens is 2. The molecule has 1 aromatic carbocycles. The summed E-state index contributed by atoms with van der Waals surface area (Å²) in [5, 5.41) is 0. The first-order chi connectivity index (χ1) is 6.11. The standard InChI is InChI=1S/C10H12ClFO/c1-6-7(2)10(13-3)4-9(12)8(6)5-11/h4H,5H2,1-3H3. The van der Waals surface area contributed by atoms with E-state index in [9.17, 15) is 4.39 Å². The van der Waals surface area contributed by atoms with Gasteiger partial charge in [0.15, 0.2) is 0 Å². The van der Waals surface area contributed by atoms with Gasteiger partial charge in [0.25, 0.3) is 0 Å². The molecule has 0 saturated heterocycles. The molecule has 0 radical (unpaired) electrons. The van der Waals surface area contributed by atoms with Gasteiger partial charge >= 0.3 is 0 Å². The number of rotatable bonds is 2. The van der Waals surface area contributed by atoms with Gasteiger partial charge in [-0.3, -0.25) is 0 Å². The summed E-state index contributed by atoms with van der Waals surface area (Å²) in [6.07, 6.45) is 0. The lowest BCUT2D eigenvalue weighted by molar-refractivity contribution is 0.407. The molecule has 1 rings (SSSR count). The molecule has 72 valence electrons. The molecule has 0 saturated carbocycles. The highest BCUT2D eigenvalue weighted by molar-refractivity contribution is 6.17. The highest BCUT2D eigenvalue weighted by atomic mass is 35.5. The van der Waals surface area contributed by atoms with Crippen LogP contribution < -0.4 is 4.74 Å². The number of hydrogen-bond acceptors (Lipinski definition) is 1. The predicted molar refractivity (Wildman–Crippen MR) is 52.0 cm³/mol. The maximum Gasteiger partial charge on any atom is 0.131 e. The van der Waals surface area contributed by atoms with E-state index in [0.29, 0.717) is 11.3 Å². The fourth-order valence-corrected chi connectivity index (χ4v) is 1.60. The van der Waals surface area contributed by atoms with Crippen LogP contribution in [0.3, 0.4) is 0 Å². The van der Waals surface area contributed by atoms with Crippen LogP contribution >= 0.6 is 11.6 Å². The van der Waals surface area contributed by atoms with Crippen molar-refractivity contribution in [3.05, 3.63) is 28.6 Å². The molecule has 0 atom stereocenters. The van der Waals surface area contributed by atoms with Crippen LogP contribution in [0.15, 0.2) is 6.07 Å². The first-order valence-electron chi connectivity index (χ1n) is 4.00. The van der Waals surface area contributed by atoms with Gasteiger partial charge in [0.05, 0.1) is 13.0 Å². The molecule has 0 amide bonds. The third kappa shape index (κ3) is 1.78. The van der Waals surface area contributed by atoms with E-state index in [1.54, 1.807) is 0 Å². The Labute approximate surface area is 82.5 Å². The summed E-state index contributed by atoms with van der Waals surface area (Å²) in [6.45, 7) is 3.74. The molecular formula is C10H12ClFO. The van der Waals surface area contributed by atoms with E-state index in [1.165, 1.54) is 13.2 Å². The Morgan fingerprint density at radius 2 is 2.00 bits per heavy atom. The number of hydrogen-bond donors (Lipinski definition) is 0. The van der Waals surface area contributed by atoms with Gasteiger partial charge in [-0.2, -0.15) is 0 Å². The molecule has 1 aromatic rings. The van der Waals surface area contributed by atoms with Crippen LogP contribution in [-0.4, -0.2) is 7.11 Å². The normalized spacial score (nSPS) is 10.2. The van der Waals surface area contributed by atoms with Gasteiger partial charge in [-0.25, -0.2) is 4.39 Å². The Balaban J connectivity index is 3.37. The van der Waals surface area contributed by atoms with Gasteiger partial charge in [0.2, 0.25) is 0 Å². The summed E-state index contributed by atoms with van der Waals surface area (Å²) >= 11 is 5.62. The topological polar surface area (TPSA) is 9.23 Å². The summed E-state index contributed by atoms with van der Waals surface area (Å²) in [7, 11) is 1.53. The van der Waals surface area contributed by atoms with E-state index < -0.39 is 0 Å². The van der Waals surface area contributed by atoms with E-state index in [2.05, 4.69) is 0 Å². The summed E-state index contributed by atoms with van der Waals surface area (Å²) in [6, 6.07) is 1.38. The van der Waals surface area contributed by atoms with Crippen LogP contribution in [0.5, 0.6) is 5.75 Å². The minimum Gasteiger partial charge on any atom is -0.496 e. The minimum atomic E-state index is -0.296. The van der Waals surface area contributed by atoms with Gasteiger partial charge in [0, 0.05) is 11.6 Å². The van der Waals surface area contributed by atoms with E-state index in [4.69, 9.17) is 16.3 Å². The molecule has 0 spiro atoms. The number of methoxy groups -OCH3 is 1. The second-order valence-electron chi connectivity index (χ2n) is 2.92. The van der Waals surface area contributed by atoms with Gasteiger partial charge in [-0.1, -0.05) is 0 Å². The number of alkyl halides is 1. The third-order valence-corrected chi connectivity index (χ3v) is 2.55. The largest absolute Gasteiger partial charge is 0.496 e. The van der Waals surface area contributed by atoms with Crippen LogP contribution in [0, 0.1) is 19.7 Å². The molecule has 0 aliphatic rings. The van der Waals surface area contributed by atoms with Crippen molar-refractivity contribution in [1.82, 2.24) is 0 Å². The van der Waals surface area contributed by atoms with Crippen molar-refractivity contribution in [2.75, 3.05) is 7.11 Å². The zero-order valence-electron chi connectivity index (χ0n) is 7.95. The molecule has 0 fully saturated rings. The van der Waals surface area contributed by atoms with Crippen LogP contribution in [0.4, 0.5) is 4.39 Å². The molecular weight excluding hydrogens is 191 g/mol. The van der Waals surface area contributed by atoms with E-state index in [0.717, 1.165) is 11.1 Å². The third-order valence-electron chi connectivity index (χ3n) is 2.28. The summed E-state index contributed by atoms with van der Waals surface area (Å²) < 4.78 is 18.3. The van der Waals surface area contributed by atoms with E-state index in [1.807, 2.05) is 13.8 Å². The molecule has 0 aliphatic carbocycles. The van der Waals surface area contributed by atoms with Crippen LogP contribution in [-0.2, 0) is 5.88 Å². The first kappa shape index (κ1) is 10.3. The molecule has 0 unspecified atom stereocenters. The monoisotopic (exact) mass is 202 g/mol. The SMILES string of the molecule is COc1cc(F)c(CCl)c(C)c1C. The van der Waals surface area contributed by atoms with Gasteiger partial charge < -0.3 is 4.74 Å². The Kier molecular flexibility index (Phi) is 3.15. The van der Waals surface area contributed by atoms with Crippen molar-refractivity contribution in [2.24, 2.45) is 0 Å². The van der Waals surface area contributed by atoms with Gasteiger partial charge in [-0.15, -0.1) is 11.6 Å². The highest BCUT2D eigenvalue weighted by Gasteiger charge is 2.11. The average Bonchev–Trinajstić information content (AvgIpc) is 2.12. The second-order valence-corrected chi connectivity index (χ2v) is 3.19. The second kappa shape index (κ2) is 3.97. The molecule has 13 heavy (non-hydrogen) atoms. The highest BCUT2D eigenvalue weighted by Crippen LogP contribution is 2.27. The molecule has 0 bridgehead atoms. The first-order valence-corrected chi connectivity index (χ1v) is 4.53. The zero-order chi connectivity index (χ0) is 10.0. The van der Waals surface area contributed by atoms with Crippen molar-refractivity contribution in [3.63, 3.8) is 0 Å². The Morgan fingerprint density at radius 3 is 2.46 bits per heavy atom. The van der Waals surface area contributed by atoms with E-state index in [-0.39, 0.29) is 11.7 Å². The zero-order valence-corrected chi connectivity index (χ0v) is 8.70. The molecule has 0 aromatic heterocycles. The fourth-order valence-electron chi connectivity index (χ4n) is 1.28. The smallest absolute Gasteiger partial charge is 0.131 e. The lowest BCUT2D eigenvalue weighted by Crippen LogP contribution is -1.98. The number of benzene rings is 1. The minimum absolute atomic E-state index is 0.197. The molecule has 0 N–H and O–H groups in total. The molecule has 3 heteroatoms. The van der Waals surface area contributed by atoms with Crippen molar-refractivity contribution in [1.29, 1.82) is 0 Å².